The number of fused-ring (bicyclic) bond motifs is 3. The Hall–Kier alpha value is -9.20. The Kier molecular flexibility index (Phi) is 13.3. The third-order valence-corrected chi connectivity index (χ3v) is 15.6. The molecular weight excluding hydrogens is 989 g/mol. The van der Waals surface area contributed by atoms with Crippen molar-refractivity contribution in [2.24, 2.45) is 0 Å². The number of nitrogens with zero attached hydrogens (tertiary/aromatic N) is 6. The zero-order valence-corrected chi connectivity index (χ0v) is 48.3. The van der Waals surface area contributed by atoms with Gasteiger partial charge in [0.25, 0.3) is 6.33 Å². The van der Waals surface area contributed by atoms with Crippen LogP contribution in [0.4, 0.5) is 0 Å². The van der Waals surface area contributed by atoms with Crippen molar-refractivity contribution < 1.29 is 9.42 Å². The highest BCUT2D eigenvalue weighted by Crippen LogP contribution is 2.43. The van der Waals surface area contributed by atoms with E-state index in [0.717, 1.165) is 94.6 Å². The smallest absolute Gasteiger partial charge is 0.275 e. The Bertz CT molecular complexity index is 4210. The highest BCUT2D eigenvalue weighted by Gasteiger charge is 2.27. The average Bonchev–Trinajstić information content (AvgIpc) is 4.30. The van der Waals surface area contributed by atoms with Gasteiger partial charge in [0.1, 0.15) is 23.1 Å². The first-order valence-electron chi connectivity index (χ1n) is 28.1. The van der Waals surface area contributed by atoms with E-state index >= 15 is 0 Å². The Labute approximate surface area is 476 Å². The summed E-state index contributed by atoms with van der Waals surface area (Å²) in [7, 11) is 0. The molecule has 0 spiro atoms. The first-order valence-corrected chi connectivity index (χ1v) is 28.1. The molecule has 0 amide bonds. The van der Waals surface area contributed by atoms with E-state index < -0.39 is 0 Å². The number of benzene rings is 8. The number of rotatable bonds is 10. The Morgan fingerprint density at radius 1 is 0.444 bits per heavy atom. The number of hydrogen-bond acceptors (Lipinski definition) is 4. The van der Waals surface area contributed by atoms with Gasteiger partial charge in [0, 0.05) is 46.3 Å². The summed E-state index contributed by atoms with van der Waals surface area (Å²) in [5.74, 6) is 3.41. The van der Waals surface area contributed by atoms with E-state index in [-0.39, 0.29) is 16.2 Å². The molecule has 0 bridgehead atoms. The standard InChI is InChI=1S/C74H68N6O/c1-48-23-21-24-49(2)69(48)64-44-59(81-58-34-35-62-63-39-53(50-25-15-12-16-26-50)33-36-65(63)80(66(62)45-58)67-43-54(37-38-75-67)72(3,4)5)46-68(76-64)78-47-79(57-41-55(73(6,7)8)40-56(42-57)74(9,10)11)77-71(78)70-60(51-27-17-13-18-28-51)31-22-32-61(70)52-29-19-14-20-30-52/h12-46H,1-11H3. The van der Waals surface area contributed by atoms with Crippen molar-refractivity contribution in [1.29, 1.82) is 0 Å². The van der Waals surface area contributed by atoms with Crippen LogP contribution in [0.3, 0.4) is 0 Å². The van der Waals surface area contributed by atoms with E-state index in [9.17, 15) is 0 Å². The quantitative estimate of drug-likeness (QED) is 0.101. The predicted molar refractivity (Wildman–Crippen MR) is 333 cm³/mol. The van der Waals surface area contributed by atoms with Crippen LogP contribution in [0.25, 0.3) is 95.2 Å². The van der Waals surface area contributed by atoms with Gasteiger partial charge < -0.3 is 4.74 Å². The van der Waals surface area contributed by atoms with Gasteiger partial charge in [0.2, 0.25) is 0 Å². The van der Waals surface area contributed by atoms with Gasteiger partial charge in [0.05, 0.1) is 22.4 Å². The highest BCUT2D eigenvalue weighted by molar-refractivity contribution is 6.10. The van der Waals surface area contributed by atoms with Gasteiger partial charge in [-0.1, -0.05) is 214 Å². The lowest BCUT2D eigenvalue weighted by molar-refractivity contribution is -0.660. The largest absolute Gasteiger partial charge is 0.458 e. The summed E-state index contributed by atoms with van der Waals surface area (Å²) >= 11 is 0. The van der Waals surface area contributed by atoms with Gasteiger partial charge in [-0.05, 0) is 128 Å². The molecule has 0 saturated carbocycles. The van der Waals surface area contributed by atoms with Crippen LogP contribution < -0.4 is 9.42 Å². The van der Waals surface area contributed by atoms with Crippen molar-refractivity contribution in [2.75, 3.05) is 0 Å². The molecular formula is C74H68N6O. The number of pyridine rings is 2. The molecule has 4 aromatic heterocycles. The van der Waals surface area contributed by atoms with E-state index in [1.165, 1.54) is 16.7 Å². The summed E-state index contributed by atoms with van der Waals surface area (Å²) in [4.78, 5) is 10.7. The molecule has 400 valence electrons. The van der Waals surface area contributed by atoms with Crippen molar-refractivity contribution in [3.63, 3.8) is 0 Å². The van der Waals surface area contributed by atoms with Crippen LogP contribution >= 0.6 is 0 Å². The molecule has 81 heavy (non-hydrogen) atoms. The fraction of sp³-hybridized carbons (Fsp3) is 0.189. The zero-order chi connectivity index (χ0) is 56.4. The average molecular weight is 1060 g/mol. The fourth-order valence-corrected chi connectivity index (χ4v) is 11.1. The molecule has 0 N–H and O–H groups in total. The van der Waals surface area contributed by atoms with Gasteiger partial charge in [-0.3, -0.25) is 14.1 Å². The summed E-state index contributed by atoms with van der Waals surface area (Å²) in [5.41, 5.74) is 17.8. The molecule has 0 aliphatic rings. The van der Waals surface area contributed by atoms with Gasteiger partial charge in [0.15, 0.2) is 5.82 Å². The minimum Gasteiger partial charge on any atom is -0.458 e. The topological polar surface area (TPSA) is 61.6 Å². The van der Waals surface area contributed by atoms with E-state index in [1.54, 1.807) is 0 Å². The number of hydrogen-bond donors (Lipinski definition) is 0. The van der Waals surface area contributed by atoms with Crippen LogP contribution in [-0.2, 0) is 16.2 Å². The van der Waals surface area contributed by atoms with Crippen LogP contribution in [0.15, 0.2) is 212 Å². The maximum Gasteiger partial charge on any atom is 0.275 e. The lowest BCUT2D eigenvalue weighted by Gasteiger charge is -2.26. The lowest BCUT2D eigenvalue weighted by Crippen LogP contribution is -2.34. The van der Waals surface area contributed by atoms with Gasteiger partial charge in [-0.15, -0.1) is 5.10 Å². The maximum atomic E-state index is 7.25. The van der Waals surface area contributed by atoms with Gasteiger partial charge >= 0.3 is 0 Å². The van der Waals surface area contributed by atoms with Crippen molar-refractivity contribution in [3.05, 3.63) is 247 Å². The van der Waals surface area contributed by atoms with Crippen LogP contribution in [0, 0.1) is 20.2 Å². The molecule has 4 heterocycles. The molecule has 0 radical (unpaired) electrons. The van der Waals surface area contributed by atoms with Crippen LogP contribution in [-0.4, -0.2) is 24.2 Å². The normalized spacial score (nSPS) is 12.1. The van der Waals surface area contributed by atoms with E-state index in [4.69, 9.17) is 19.8 Å². The van der Waals surface area contributed by atoms with Crippen molar-refractivity contribution in [3.8, 4) is 84.8 Å². The molecule has 0 aliphatic heterocycles. The number of aromatic nitrogens is 6. The van der Waals surface area contributed by atoms with E-state index in [1.807, 2.05) is 21.5 Å². The van der Waals surface area contributed by atoms with Crippen molar-refractivity contribution >= 4 is 21.8 Å². The molecule has 0 unspecified atom stereocenters. The first kappa shape index (κ1) is 52.5. The van der Waals surface area contributed by atoms with Crippen LogP contribution in [0.5, 0.6) is 11.5 Å². The molecule has 0 saturated heterocycles. The van der Waals surface area contributed by atoms with E-state index in [0.29, 0.717) is 23.1 Å². The minimum atomic E-state index is -0.134. The summed E-state index contributed by atoms with van der Waals surface area (Å²) in [6.07, 6.45) is 5.74. The van der Waals surface area contributed by atoms with E-state index in [2.05, 4.69) is 287 Å². The van der Waals surface area contributed by atoms with Crippen LogP contribution in [0.2, 0.25) is 0 Å². The SMILES string of the molecule is Cc1cccc(C)c1-c1cc(Oc2ccc3c4cc(-c5ccccc5)ccc4n(-c4cc(C(C)(C)C)ccn4)c3c2)cc(-n2[c-][n+](-c3cc(C(C)(C)C)cc(C(C)(C)C)c3)nc2-c2c(-c3ccccc3)cccc2-c2ccccc2)n1. The molecule has 7 nitrogen and oxygen atoms in total. The summed E-state index contributed by atoms with van der Waals surface area (Å²) < 4.78 is 13.5. The fourth-order valence-electron chi connectivity index (χ4n) is 11.1. The van der Waals surface area contributed by atoms with Crippen LogP contribution in [0.1, 0.15) is 90.1 Å². The second-order valence-electron chi connectivity index (χ2n) is 24.6. The predicted octanol–water partition coefficient (Wildman–Crippen LogP) is 18.5. The summed E-state index contributed by atoms with van der Waals surface area (Å²) in [5, 5.41) is 7.91. The van der Waals surface area contributed by atoms with Crippen molar-refractivity contribution in [1.82, 2.24) is 24.2 Å². The lowest BCUT2D eigenvalue weighted by atomic mass is 9.80. The highest BCUT2D eigenvalue weighted by atomic mass is 16.5. The Morgan fingerprint density at radius 2 is 1.04 bits per heavy atom. The second-order valence-corrected chi connectivity index (χ2v) is 24.6. The summed E-state index contributed by atoms with van der Waals surface area (Å²) in [6, 6.07) is 73.2. The molecule has 0 fully saturated rings. The molecule has 12 aromatic rings. The third-order valence-electron chi connectivity index (χ3n) is 15.6. The van der Waals surface area contributed by atoms with Gasteiger partial charge in [-0.2, -0.15) is 4.68 Å². The maximum absolute atomic E-state index is 7.25. The Morgan fingerprint density at radius 3 is 1.64 bits per heavy atom. The molecule has 8 aromatic carbocycles. The van der Waals surface area contributed by atoms with Gasteiger partial charge in [-0.25, -0.2) is 4.98 Å². The summed E-state index contributed by atoms with van der Waals surface area (Å²) in [6.45, 7) is 24.6. The minimum absolute atomic E-state index is 0.0816. The second kappa shape index (κ2) is 20.5. The zero-order valence-electron chi connectivity index (χ0n) is 48.3. The van der Waals surface area contributed by atoms with Crippen molar-refractivity contribution in [2.45, 2.75) is 92.4 Å². The Balaban J connectivity index is 1.11. The molecule has 7 heteroatoms. The third kappa shape index (κ3) is 10.3. The number of aryl methyl sites for hydroxylation is 2. The molecule has 12 rings (SSSR count). The number of ether oxygens (including phenoxy) is 1. The molecule has 0 aliphatic carbocycles. The first-order chi connectivity index (χ1) is 38.9. The molecule has 0 atom stereocenters. The monoisotopic (exact) mass is 1060 g/mol.